The first kappa shape index (κ1) is 28.0. The van der Waals surface area contributed by atoms with Crippen LogP contribution in [-0.2, 0) is 40.4 Å². The Kier molecular flexibility index (Phi) is 6.86. The summed E-state index contributed by atoms with van der Waals surface area (Å²) in [5, 5.41) is 25.5. The van der Waals surface area contributed by atoms with Crippen molar-refractivity contribution in [3.05, 3.63) is 47.4 Å². The number of rotatable bonds is 8. The molecule has 1 saturated heterocycles. The number of hydrogen-bond donors (Lipinski definition) is 3. The number of amides is 1. The second-order valence-corrected chi connectivity index (χ2v) is 11.2. The maximum Gasteiger partial charge on any atom is 0.352 e. The van der Waals surface area contributed by atoms with Gasteiger partial charge in [0.1, 0.15) is 11.5 Å². The van der Waals surface area contributed by atoms with E-state index in [1.54, 1.807) is 19.1 Å². The number of benzene rings is 1. The van der Waals surface area contributed by atoms with E-state index in [1.165, 1.54) is 20.8 Å². The van der Waals surface area contributed by atoms with Crippen LogP contribution < -0.4 is 10.1 Å². The Morgan fingerprint density at radius 2 is 1.93 bits per heavy atom. The van der Waals surface area contributed by atoms with Gasteiger partial charge in [-0.15, -0.1) is 0 Å². The summed E-state index contributed by atoms with van der Waals surface area (Å²) >= 11 is 0. The minimum atomic E-state index is -1.17. The molecule has 1 aromatic rings. The third kappa shape index (κ3) is 4.14. The quantitative estimate of drug-likeness (QED) is 0.319. The third-order valence-electron chi connectivity index (χ3n) is 8.79. The van der Waals surface area contributed by atoms with Crippen molar-refractivity contribution in [2.45, 2.75) is 88.4 Å². The van der Waals surface area contributed by atoms with E-state index in [-0.39, 0.29) is 29.7 Å². The van der Waals surface area contributed by atoms with E-state index in [0.29, 0.717) is 25.1 Å². The van der Waals surface area contributed by atoms with Crippen molar-refractivity contribution in [2.75, 3.05) is 13.6 Å². The van der Waals surface area contributed by atoms with E-state index in [9.17, 15) is 24.6 Å². The number of hydrogen-bond acceptors (Lipinski definition) is 10. The van der Waals surface area contributed by atoms with E-state index >= 15 is 0 Å². The molecular weight excluding hydrogens is 520 g/mol. The molecule has 11 nitrogen and oxygen atoms in total. The number of phenolic OH excluding ortho intramolecular Hbond substituents is 1. The lowest BCUT2D eigenvalue weighted by molar-refractivity contribution is -0.172. The van der Waals surface area contributed by atoms with E-state index in [0.717, 1.165) is 11.1 Å². The molecule has 2 aliphatic carbocycles. The summed E-state index contributed by atoms with van der Waals surface area (Å²) in [7, 11) is 2.00. The molecule has 216 valence electrons. The van der Waals surface area contributed by atoms with Gasteiger partial charge in [0.2, 0.25) is 0 Å². The standard InChI is InChI=1S/C29H36N2O9/c1-14(30-26(34)16(3)38-18(5)32)15(2)37-17(4)27(35)39-21-9-10-29(36)22-13-19-7-8-20(33)24-23(19)28(29,25(21)40-24)11-12-31(22)6/h7-9,14,16-17,22,25,33,36H,2,10-13H2,1,3-6H3,(H,30,34)/t14-,16-,17-,22+,25-,28-,29+/m0/s1. The number of esters is 2. The zero-order chi connectivity index (χ0) is 29.1. The van der Waals surface area contributed by atoms with Crippen LogP contribution in [0.3, 0.4) is 0 Å². The molecule has 0 saturated carbocycles. The zero-order valence-electron chi connectivity index (χ0n) is 23.4. The van der Waals surface area contributed by atoms with Gasteiger partial charge in [0.25, 0.3) is 5.91 Å². The molecule has 40 heavy (non-hydrogen) atoms. The molecule has 3 N–H and O–H groups in total. The average Bonchev–Trinajstić information content (AvgIpc) is 3.24. The number of likely N-dealkylation sites (N-methyl/N-ethyl adjacent to an activating group) is 1. The fourth-order valence-electron chi connectivity index (χ4n) is 6.73. The van der Waals surface area contributed by atoms with Crippen molar-refractivity contribution in [2.24, 2.45) is 0 Å². The molecule has 1 amide bonds. The molecule has 0 unspecified atom stereocenters. The second kappa shape index (κ2) is 9.81. The summed E-state index contributed by atoms with van der Waals surface area (Å²) in [5.74, 6) is -1.13. The Morgan fingerprint density at radius 1 is 1.20 bits per heavy atom. The van der Waals surface area contributed by atoms with Gasteiger partial charge in [-0.05, 0) is 64.9 Å². The first-order chi connectivity index (χ1) is 18.8. The van der Waals surface area contributed by atoms with Crippen molar-refractivity contribution in [1.29, 1.82) is 0 Å². The van der Waals surface area contributed by atoms with Crippen LogP contribution in [0.25, 0.3) is 0 Å². The number of nitrogens with one attached hydrogen (secondary N) is 1. The predicted molar refractivity (Wildman–Crippen MR) is 141 cm³/mol. The van der Waals surface area contributed by atoms with Gasteiger partial charge in [0.15, 0.2) is 29.8 Å². The molecule has 2 bridgehead atoms. The summed E-state index contributed by atoms with van der Waals surface area (Å²) in [4.78, 5) is 38.7. The lowest BCUT2D eigenvalue weighted by Gasteiger charge is -2.61. The van der Waals surface area contributed by atoms with Gasteiger partial charge < -0.3 is 39.4 Å². The second-order valence-electron chi connectivity index (χ2n) is 11.2. The molecule has 5 rings (SSSR count). The molecular formula is C29H36N2O9. The van der Waals surface area contributed by atoms with Crippen molar-refractivity contribution in [3.63, 3.8) is 0 Å². The highest BCUT2D eigenvalue weighted by Gasteiger charge is 2.72. The summed E-state index contributed by atoms with van der Waals surface area (Å²) in [6.07, 6.45) is 0.252. The molecule has 7 atom stereocenters. The van der Waals surface area contributed by atoms with E-state index < -0.39 is 53.2 Å². The third-order valence-corrected chi connectivity index (χ3v) is 8.79. The number of aliphatic hydroxyl groups is 1. The van der Waals surface area contributed by atoms with Gasteiger partial charge in [-0.25, -0.2) is 4.79 Å². The number of carbonyl (C=O) groups excluding carboxylic acids is 3. The van der Waals surface area contributed by atoms with Crippen LogP contribution in [0, 0.1) is 0 Å². The van der Waals surface area contributed by atoms with Gasteiger partial charge in [-0.3, -0.25) is 9.59 Å². The van der Waals surface area contributed by atoms with Gasteiger partial charge in [0.05, 0.1) is 17.1 Å². The van der Waals surface area contributed by atoms with Crippen molar-refractivity contribution < 1.29 is 43.5 Å². The normalized spacial score (nSPS) is 30.0. The first-order valence-corrected chi connectivity index (χ1v) is 13.5. The van der Waals surface area contributed by atoms with Crippen LogP contribution in [0.5, 0.6) is 11.5 Å². The highest BCUT2D eigenvalue weighted by atomic mass is 16.6. The molecule has 0 radical (unpaired) electrons. The molecule has 1 fully saturated rings. The largest absolute Gasteiger partial charge is 0.504 e. The highest BCUT2D eigenvalue weighted by molar-refractivity contribution is 5.83. The number of piperidine rings is 1. The van der Waals surface area contributed by atoms with Crippen molar-refractivity contribution in [3.8, 4) is 11.5 Å². The molecule has 2 heterocycles. The number of ether oxygens (including phenoxy) is 4. The first-order valence-electron chi connectivity index (χ1n) is 13.5. The van der Waals surface area contributed by atoms with Crippen LogP contribution >= 0.6 is 0 Å². The smallest absolute Gasteiger partial charge is 0.352 e. The van der Waals surface area contributed by atoms with Crippen LogP contribution in [0.4, 0.5) is 0 Å². The minimum absolute atomic E-state index is 0.0139. The summed E-state index contributed by atoms with van der Waals surface area (Å²) in [6.45, 7) is 10.3. The lowest BCUT2D eigenvalue weighted by Crippen LogP contribution is -2.74. The number of likely N-dealkylation sites (tertiary alicyclic amines) is 1. The maximum atomic E-state index is 13.2. The highest BCUT2D eigenvalue weighted by Crippen LogP contribution is 2.65. The number of nitrogens with zero attached hydrogens (tertiary/aromatic N) is 1. The maximum absolute atomic E-state index is 13.2. The Hall–Kier alpha value is -3.57. The fraction of sp³-hybridized carbons (Fsp3) is 0.552. The average molecular weight is 557 g/mol. The molecule has 1 aromatic carbocycles. The van der Waals surface area contributed by atoms with E-state index in [2.05, 4.69) is 16.8 Å². The van der Waals surface area contributed by atoms with Gasteiger partial charge in [-0.2, -0.15) is 0 Å². The molecule has 4 aliphatic rings. The van der Waals surface area contributed by atoms with Crippen LogP contribution in [0.15, 0.2) is 36.3 Å². The topological polar surface area (TPSA) is 144 Å². The van der Waals surface area contributed by atoms with Crippen LogP contribution in [0.2, 0.25) is 0 Å². The SMILES string of the molecule is C=C(O[C@@H](C)C(=O)OC1=CC[C@@]2(O)[C@H]3Cc4ccc(O)c5c4[C@@]2(CCN3C)[C@H]1O5)[C@H](C)NC(=O)[C@H](C)OC(C)=O. The predicted octanol–water partition coefficient (Wildman–Crippen LogP) is 1.59. The monoisotopic (exact) mass is 556 g/mol. The van der Waals surface area contributed by atoms with Crippen LogP contribution in [-0.4, -0.2) is 82.5 Å². The number of aromatic hydroxyl groups is 1. The van der Waals surface area contributed by atoms with Gasteiger partial charge >= 0.3 is 11.9 Å². The van der Waals surface area contributed by atoms with E-state index in [1.807, 2.05) is 13.1 Å². The van der Waals surface area contributed by atoms with Crippen molar-refractivity contribution >= 4 is 17.8 Å². The van der Waals surface area contributed by atoms with E-state index in [4.69, 9.17) is 18.9 Å². The Morgan fingerprint density at radius 3 is 2.62 bits per heavy atom. The Labute approximate surface area is 232 Å². The summed E-state index contributed by atoms with van der Waals surface area (Å²) < 4.78 is 22.7. The molecule has 11 heteroatoms. The molecule has 2 aliphatic heterocycles. The van der Waals surface area contributed by atoms with Gasteiger partial charge in [0, 0.05) is 24.9 Å². The van der Waals surface area contributed by atoms with Gasteiger partial charge in [-0.1, -0.05) is 12.6 Å². The fourth-order valence-corrected chi connectivity index (χ4v) is 6.73. The Balaban J connectivity index is 1.31. The summed E-state index contributed by atoms with van der Waals surface area (Å²) in [5.41, 5.74) is -0.228. The summed E-state index contributed by atoms with van der Waals surface area (Å²) in [6, 6.07) is 2.64. The van der Waals surface area contributed by atoms with Crippen LogP contribution in [0.1, 0.15) is 51.7 Å². The van der Waals surface area contributed by atoms with Crippen molar-refractivity contribution in [1.82, 2.24) is 10.2 Å². The molecule has 1 spiro atoms. The Bertz CT molecular complexity index is 1310. The molecule has 0 aromatic heterocycles. The minimum Gasteiger partial charge on any atom is -0.504 e. The zero-order valence-corrected chi connectivity index (χ0v) is 23.4. The number of carbonyl (C=O) groups is 3. The number of phenols is 1. The lowest BCUT2D eigenvalue weighted by atomic mass is 9.50.